The zero-order valence-electron chi connectivity index (χ0n) is 16.2. The highest BCUT2D eigenvalue weighted by molar-refractivity contribution is 7.98. The molecule has 0 N–H and O–H groups in total. The van der Waals surface area contributed by atoms with Crippen molar-refractivity contribution in [3.63, 3.8) is 0 Å². The molecule has 156 valence electrons. The van der Waals surface area contributed by atoms with E-state index in [4.69, 9.17) is 9.47 Å². The molecule has 3 rings (SSSR count). The van der Waals surface area contributed by atoms with Crippen LogP contribution < -0.4 is 4.74 Å². The van der Waals surface area contributed by atoms with Gasteiger partial charge in [-0.3, -0.25) is 9.69 Å². The van der Waals surface area contributed by atoms with Gasteiger partial charge >= 0.3 is 6.18 Å². The highest BCUT2D eigenvalue weighted by Crippen LogP contribution is 2.39. The van der Waals surface area contributed by atoms with Crippen LogP contribution in [0.5, 0.6) is 5.75 Å². The highest BCUT2D eigenvalue weighted by atomic mass is 32.2. The summed E-state index contributed by atoms with van der Waals surface area (Å²) in [4.78, 5) is 15.9. The van der Waals surface area contributed by atoms with Crippen LogP contribution in [-0.4, -0.2) is 56.4 Å². The summed E-state index contributed by atoms with van der Waals surface area (Å²) in [5, 5.41) is 0. The lowest BCUT2D eigenvalue weighted by molar-refractivity contribution is -0.137. The van der Waals surface area contributed by atoms with Crippen molar-refractivity contribution in [2.75, 3.05) is 39.7 Å². The normalized spacial score (nSPS) is 23.8. The maximum Gasteiger partial charge on any atom is 0.416 e. The van der Waals surface area contributed by atoms with Crippen LogP contribution in [-0.2, 0) is 10.9 Å². The second-order valence-corrected chi connectivity index (χ2v) is 8.16. The molecule has 1 aromatic rings. The lowest BCUT2D eigenvalue weighted by atomic mass is 9.87. The quantitative estimate of drug-likeness (QED) is 0.503. The molecule has 2 aliphatic rings. The summed E-state index contributed by atoms with van der Waals surface area (Å²) in [7, 11) is 1.30. The van der Waals surface area contributed by atoms with Crippen molar-refractivity contribution >= 4 is 17.5 Å². The van der Waals surface area contributed by atoms with Gasteiger partial charge in [-0.05, 0) is 50.7 Å². The molecule has 2 saturated heterocycles. The highest BCUT2D eigenvalue weighted by Gasteiger charge is 2.36. The summed E-state index contributed by atoms with van der Waals surface area (Å²) in [5.74, 6) is -0.158. The Morgan fingerprint density at radius 3 is 2.64 bits per heavy atom. The lowest BCUT2D eigenvalue weighted by Crippen LogP contribution is -2.45. The van der Waals surface area contributed by atoms with Gasteiger partial charge in [0.25, 0.3) is 0 Å². The number of hydrogen-bond donors (Lipinski definition) is 0. The van der Waals surface area contributed by atoms with E-state index in [9.17, 15) is 18.0 Å². The molecule has 0 aliphatic carbocycles. The molecule has 0 spiro atoms. The molecule has 8 heteroatoms. The maximum absolute atomic E-state index is 13.2. The Hall–Kier alpha value is -1.25. The summed E-state index contributed by atoms with van der Waals surface area (Å²) in [6, 6.07) is 2.25. The molecule has 2 aliphatic heterocycles. The van der Waals surface area contributed by atoms with Crippen LogP contribution in [0.15, 0.2) is 17.0 Å². The monoisotopic (exact) mass is 417 g/mol. The number of halogens is 3. The standard InChI is InChI=1S/C20H26F3NO3S/c1-26-17-10-14(20(21,22)23)11-18(28-2)19(17)16(25)9-13-12-27-8-5-15(13)24-6-3-4-7-24/h10-11,13,15H,3-9,12H2,1-2H3/t13-,15-/m1/s1. The smallest absolute Gasteiger partial charge is 0.416 e. The average Bonchev–Trinajstić information content (AvgIpc) is 3.21. The molecular formula is C20H26F3NO3S. The topological polar surface area (TPSA) is 38.8 Å². The van der Waals surface area contributed by atoms with E-state index in [1.165, 1.54) is 20.0 Å². The zero-order chi connectivity index (χ0) is 20.3. The minimum atomic E-state index is -4.49. The molecule has 28 heavy (non-hydrogen) atoms. The van der Waals surface area contributed by atoms with Gasteiger partial charge in [0.15, 0.2) is 5.78 Å². The second kappa shape index (κ2) is 9.05. The number of carbonyl (C=O) groups is 1. The largest absolute Gasteiger partial charge is 0.496 e. The lowest BCUT2D eigenvalue weighted by Gasteiger charge is -2.37. The van der Waals surface area contributed by atoms with Gasteiger partial charge in [0.05, 0.1) is 24.8 Å². The van der Waals surface area contributed by atoms with Gasteiger partial charge in [0.2, 0.25) is 0 Å². The number of carbonyl (C=O) groups excluding carboxylic acids is 1. The predicted octanol–water partition coefficient (Wildman–Crippen LogP) is 4.51. The number of alkyl halides is 3. The van der Waals surface area contributed by atoms with Gasteiger partial charge in [-0.1, -0.05) is 0 Å². The fraction of sp³-hybridized carbons (Fsp3) is 0.650. The fourth-order valence-electron chi connectivity index (χ4n) is 4.23. The molecule has 2 fully saturated rings. The Balaban J connectivity index is 1.86. The fourth-order valence-corrected chi connectivity index (χ4v) is 4.89. The molecule has 0 aromatic heterocycles. The Bertz CT molecular complexity index is 679. The van der Waals surface area contributed by atoms with Crippen LogP contribution in [0, 0.1) is 5.92 Å². The molecule has 1 aromatic carbocycles. The molecular weight excluding hydrogens is 391 g/mol. The Labute approximate surface area is 167 Å². The van der Waals surface area contributed by atoms with Gasteiger partial charge < -0.3 is 9.47 Å². The average molecular weight is 417 g/mol. The predicted molar refractivity (Wildman–Crippen MR) is 102 cm³/mol. The molecule has 0 saturated carbocycles. The van der Waals surface area contributed by atoms with Gasteiger partial charge in [0.1, 0.15) is 5.75 Å². The maximum atomic E-state index is 13.2. The summed E-state index contributed by atoms with van der Waals surface area (Å²) < 4.78 is 50.3. The van der Waals surface area contributed by atoms with Crippen molar-refractivity contribution in [3.05, 3.63) is 23.3 Å². The van der Waals surface area contributed by atoms with E-state index < -0.39 is 11.7 Å². The number of nitrogens with zero attached hydrogens (tertiary/aromatic N) is 1. The number of ketones is 1. The summed E-state index contributed by atoms with van der Waals surface area (Å²) in [6.45, 7) is 3.26. The Kier molecular flexibility index (Phi) is 6.94. The second-order valence-electron chi connectivity index (χ2n) is 7.31. The van der Waals surface area contributed by atoms with Crippen LogP contribution in [0.3, 0.4) is 0 Å². The van der Waals surface area contributed by atoms with Crippen LogP contribution >= 0.6 is 11.8 Å². The number of likely N-dealkylation sites (tertiary alicyclic amines) is 1. The molecule has 2 heterocycles. The first-order chi connectivity index (χ1) is 13.3. The van der Waals surface area contributed by atoms with Gasteiger partial charge in [-0.2, -0.15) is 13.2 Å². The number of methoxy groups -OCH3 is 1. The third kappa shape index (κ3) is 4.66. The van der Waals surface area contributed by atoms with E-state index in [0.29, 0.717) is 24.2 Å². The van der Waals surface area contributed by atoms with Crippen molar-refractivity contribution in [2.45, 2.75) is 42.8 Å². The third-order valence-electron chi connectivity index (χ3n) is 5.60. The molecule has 2 atom stereocenters. The van der Waals surface area contributed by atoms with Crippen molar-refractivity contribution in [2.24, 2.45) is 5.92 Å². The van der Waals surface area contributed by atoms with E-state index in [1.54, 1.807) is 6.26 Å². The van der Waals surface area contributed by atoms with E-state index in [0.717, 1.165) is 43.4 Å². The van der Waals surface area contributed by atoms with Gasteiger partial charge in [-0.15, -0.1) is 11.8 Å². The number of thioether (sulfide) groups is 1. The van der Waals surface area contributed by atoms with E-state index in [-0.39, 0.29) is 29.4 Å². The number of ether oxygens (including phenoxy) is 2. The van der Waals surface area contributed by atoms with Crippen LogP contribution in [0.1, 0.15) is 41.6 Å². The molecule has 0 amide bonds. The molecule has 0 radical (unpaired) electrons. The summed E-state index contributed by atoms with van der Waals surface area (Å²) in [5.41, 5.74) is -0.560. The zero-order valence-corrected chi connectivity index (χ0v) is 17.0. The Morgan fingerprint density at radius 2 is 2.04 bits per heavy atom. The number of rotatable bonds is 6. The minimum absolute atomic E-state index is 0.0152. The molecule has 0 unspecified atom stereocenters. The number of Topliss-reactive ketones (excluding diaryl/α,β-unsaturated/α-hetero) is 1. The van der Waals surface area contributed by atoms with Gasteiger partial charge in [-0.25, -0.2) is 0 Å². The third-order valence-corrected chi connectivity index (χ3v) is 6.37. The first kappa shape index (κ1) is 21.5. The van der Waals surface area contributed by atoms with Gasteiger partial charge in [0, 0.05) is 29.9 Å². The van der Waals surface area contributed by atoms with E-state index >= 15 is 0 Å². The van der Waals surface area contributed by atoms with Crippen molar-refractivity contribution in [3.8, 4) is 5.75 Å². The van der Waals surface area contributed by atoms with Crippen LogP contribution in [0.25, 0.3) is 0 Å². The SMILES string of the molecule is COc1cc(C(F)(F)F)cc(SC)c1C(=O)C[C@@H]1COCC[C@H]1N1CCCC1. The number of hydrogen-bond acceptors (Lipinski definition) is 5. The van der Waals surface area contributed by atoms with Crippen molar-refractivity contribution in [1.82, 2.24) is 4.90 Å². The number of benzene rings is 1. The minimum Gasteiger partial charge on any atom is -0.496 e. The molecule has 4 nitrogen and oxygen atoms in total. The van der Waals surface area contributed by atoms with Crippen molar-refractivity contribution < 1.29 is 27.4 Å². The van der Waals surface area contributed by atoms with E-state index in [2.05, 4.69) is 4.90 Å². The van der Waals surface area contributed by atoms with Crippen LogP contribution in [0.2, 0.25) is 0 Å². The molecule has 0 bridgehead atoms. The van der Waals surface area contributed by atoms with Crippen LogP contribution in [0.4, 0.5) is 13.2 Å². The summed E-state index contributed by atoms with van der Waals surface area (Å²) in [6.07, 6.45) is 0.649. The summed E-state index contributed by atoms with van der Waals surface area (Å²) >= 11 is 1.13. The van der Waals surface area contributed by atoms with E-state index in [1.807, 2.05) is 0 Å². The Morgan fingerprint density at radius 1 is 1.32 bits per heavy atom. The van der Waals surface area contributed by atoms with Crippen molar-refractivity contribution in [1.29, 1.82) is 0 Å². The first-order valence-corrected chi connectivity index (χ1v) is 10.8. The first-order valence-electron chi connectivity index (χ1n) is 9.53.